The minimum absolute atomic E-state index is 0. The van der Waals surface area contributed by atoms with E-state index in [4.69, 9.17) is 0 Å². The van der Waals surface area contributed by atoms with E-state index >= 15 is 0 Å². The summed E-state index contributed by atoms with van der Waals surface area (Å²) in [6.45, 7) is 6.64. The molecule has 1 aromatic rings. The van der Waals surface area contributed by atoms with Crippen LogP contribution >= 0.6 is 23.5 Å². The Morgan fingerprint density at radius 1 is 0.541 bits per heavy atom. The summed E-state index contributed by atoms with van der Waals surface area (Å²) in [5.74, 6) is 5.02. The number of hydrogen-bond acceptors (Lipinski definition) is 3. The molecule has 1 radical (unpaired) electrons. The van der Waals surface area contributed by atoms with E-state index in [1.807, 2.05) is 11.8 Å². The fourth-order valence-electron chi connectivity index (χ4n) is 4.88. The first-order valence-corrected chi connectivity index (χ1v) is 18.0. The van der Waals surface area contributed by atoms with Gasteiger partial charge >= 0.3 is 0 Å². The van der Waals surface area contributed by atoms with Crippen LogP contribution in [0, 0.1) is 6.92 Å². The van der Waals surface area contributed by atoms with E-state index in [9.17, 15) is 5.11 Å². The smallest absolute Gasteiger partial charge is 0.122 e. The Bertz CT molecular complexity index is 623. The standard InChI is InChI=1S/C33H60OS2.Au/c1-4-6-8-10-12-14-16-18-20-22-24-35-28-31-26-30(3)33(34)32(27-31)29-36-25-23-21-19-17-15-13-11-9-7-5-2;/h26-27,34H,4-25,28-29H2,1-3H3;. The number of aromatic hydroxyl groups is 1. The number of rotatable bonds is 26. The molecule has 1 nitrogen and oxygen atoms in total. The van der Waals surface area contributed by atoms with Crippen molar-refractivity contribution in [2.75, 3.05) is 11.5 Å². The van der Waals surface area contributed by atoms with Crippen LogP contribution in [-0.2, 0) is 33.9 Å². The molecular weight excluding hydrogens is 673 g/mol. The van der Waals surface area contributed by atoms with Crippen molar-refractivity contribution in [2.45, 2.75) is 161 Å². The summed E-state index contributed by atoms with van der Waals surface area (Å²) in [7, 11) is 0. The van der Waals surface area contributed by atoms with E-state index in [0.29, 0.717) is 5.75 Å². The summed E-state index contributed by atoms with van der Waals surface area (Å²) in [5, 5.41) is 10.6. The minimum atomic E-state index is 0. The van der Waals surface area contributed by atoms with Crippen molar-refractivity contribution >= 4 is 23.5 Å². The van der Waals surface area contributed by atoms with Gasteiger partial charge in [-0.3, -0.25) is 0 Å². The van der Waals surface area contributed by atoms with E-state index in [0.717, 1.165) is 22.6 Å². The van der Waals surface area contributed by atoms with Crippen molar-refractivity contribution in [3.8, 4) is 5.75 Å². The van der Waals surface area contributed by atoms with E-state index in [2.05, 4.69) is 44.7 Å². The van der Waals surface area contributed by atoms with Gasteiger partial charge in [0.2, 0.25) is 0 Å². The molecule has 221 valence electrons. The zero-order valence-corrected chi connectivity index (χ0v) is 28.5. The molecule has 0 aliphatic heterocycles. The quantitative estimate of drug-likeness (QED) is 0.0756. The van der Waals surface area contributed by atoms with Gasteiger partial charge in [-0.15, -0.1) is 0 Å². The third-order valence-corrected chi connectivity index (χ3v) is 9.46. The maximum Gasteiger partial charge on any atom is 0.122 e. The van der Waals surface area contributed by atoms with Gasteiger partial charge in [-0.1, -0.05) is 142 Å². The average Bonchev–Trinajstić information content (AvgIpc) is 2.88. The second-order valence-corrected chi connectivity index (χ2v) is 13.1. The van der Waals surface area contributed by atoms with Gasteiger partial charge in [0, 0.05) is 39.4 Å². The summed E-state index contributed by atoms with van der Waals surface area (Å²) in [6.07, 6.45) is 28.0. The van der Waals surface area contributed by atoms with Crippen LogP contribution in [0.5, 0.6) is 5.75 Å². The van der Waals surface area contributed by atoms with E-state index < -0.39 is 0 Å². The normalized spacial score (nSPS) is 11.1. The molecule has 0 fully saturated rings. The molecule has 1 aromatic carbocycles. The van der Waals surface area contributed by atoms with Crippen molar-refractivity contribution in [2.24, 2.45) is 0 Å². The third kappa shape index (κ3) is 21.9. The van der Waals surface area contributed by atoms with Crippen LogP contribution in [0.2, 0.25) is 0 Å². The Hall–Kier alpha value is 0.460. The first-order chi connectivity index (χ1) is 17.7. The number of phenolic OH excluding ortho intramolecular Hbond substituents is 1. The summed E-state index contributed by atoms with van der Waals surface area (Å²) < 4.78 is 0. The summed E-state index contributed by atoms with van der Waals surface area (Å²) >= 11 is 4.06. The van der Waals surface area contributed by atoms with Gasteiger partial charge in [0.25, 0.3) is 0 Å². The first-order valence-electron chi connectivity index (χ1n) is 15.7. The van der Waals surface area contributed by atoms with Crippen molar-refractivity contribution in [3.63, 3.8) is 0 Å². The summed E-state index contributed by atoms with van der Waals surface area (Å²) in [4.78, 5) is 0. The second kappa shape index (κ2) is 28.0. The summed E-state index contributed by atoms with van der Waals surface area (Å²) in [5.41, 5.74) is 3.57. The molecule has 37 heavy (non-hydrogen) atoms. The maximum atomic E-state index is 10.6. The monoisotopic (exact) mass is 733 g/mol. The van der Waals surface area contributed by atoms with Gasteiger partial charge < -0.3 is 5.11 Å². The maximum absolute atomic E-state index is 10.6. The molecule has 0 unspecified atom stereocenters. The van der Waals surface area contributed by atoms with Crippen LogP contribution in [0.3, 0.4) is 0 Å². The predicted molar refractivity (Wildman–Crippen MR) is 169 cm³/mol. The Morgan fingerprint density at radius 3 is 1.35 bits per heavy atom. The number of thioether (sulfide) groups is 2. The van der Waals surface area contributed by atoms with Gasteiger partial charge in [-0.2, -0.15) is 23.5 Å². The largest absolute Gasteiger partial charge is 0.507 e. The van der Waals surface area contributed by atoms with Gasteiger partial charge in [0.1, 0.15) is 5.75 Å². The molecule has 4 heteroatoms. The van der Waals surface area contributed by atoms with Gasteiger partial charge in [0.05, 0.1) is 0 Å². The SMILES string of the molecule is CCCCCCCCCCCCSCc1cc(C)c(O)c(CSCCCCCCCCCCCC)c1.[Au]. The average molecular weight is 734 g/mol. The molecule has 1 rings (SSSR count). The number of unbranched alkanes of at least 4 members (excludes halogenated alkanes) is 18. The first kappa shape index (κ1) is 37.5. The Labute approximate surface area is 256 Å². The van der Waals surface area contributed by atoms with Crippen LogP contribution in [0.1, 0.15) is 159 Å². The molecular formula is C33H60AuOS2. The zero-order chi connectivity index (χ0) is 26.1. The molecule has 0 aromatic heterocycles. The van der Waals surface area contributed by atoms with E-state index in [1.165, 1.54) is 145 Å². The van der Waals surface area contributed by atoms with E-state index in [-0.39, 0.29) is 22.4 Å². The van der Waals surface area contributed by atoms with Crippen molar-refractivity contribution < 1.29 is 27.5 Å². The molecule has 0 aliphatic rings. The van der Waals surface area contributed by atoms with Crippen LogP contribution in [0.4, 0.5) is 0 Å². The van der Waals surface area contributed by atoms with Gasteiger partial charge in [-0.25, -0.2) is 0 Å². The van der Waals surface area contributed by atoms with Gasteiger partial charge in [-0.05, 0) is 42.4 Å². The Balaban J connectivity index is 0.0000130. The fraction of sp³-hybridized carbons (Fsp3) is 0.818. The van der Waals surface area contributed by atoms with Gasteiger partial charge in [0.15, 0.2) is 0 Å². The third-order valence-electron chi connectivity index (χ3n) is 7.25. The molecule has 0 saturated carbocycles. The van der Waals surface area contributed by atoms with E-state index in [1.54, 1.807) is 0 Å². The number of hydrogen-bond donors (Lipinski definition) is 1. The molecule has 0 amide bonds. The van der Waals surface area contributed by atoms with Crippen molar-refractivity contribution in [3.05, 3.63) is 28.8 Å². The summed E-state index contributed by atoms with van der Waals surface area (Å²) in [6, 6.07) is 4.46. The van der Waals surface area contributed by atoms with Crippen molar-refractivity contribution in [1.82, 2.24) is 0 Å². The molecule has 0 bridgehead atoms. The number of aryl methyl sites for hydroxylation is 1. The fourth-order valence-corrected chi connectivity index (χ4v) is 6.83. The molecule has 0 aliphatic carbocycles. The molecule has 0 atom stereocenters. The van der Waals surface area contributed by atoms with Crippen LogP contribution in [0.15, 0.2) is 12.1 Å². The Morgan fingerprint density at radius 2 is 0.919 bits per heavy atom. The van der Waals surface area contributed by atoms with Crippen LogP contribution < -0.4 is 0 Å². The molecule has 0 spiro atoms. The topological polar surface area (TPSA) is 20.2 Å². The second-order valence-electron chi connectivity index (χ2n) is 10.9. The Kier molecular flexibility index (Phi) is 28.4. The number of phenols is 1. The minimum Gasteiger partial charge on any atom is -0.507 e. The van der Waals surface area contributed by atoms with Crippen LogP contribution in [0.25, 0.3) is 0 Å². The molecule has 1 N–H and O–H groups in total. The zero-order valence-electron chi connectivity index (χ0n) is 24.7. The van der Waals surface area contributed by atoms with Crippen molar-refractivity contribution in [1.29, 1.82) is 0 Å². The molecule has 0 heterocycles. The van der Waals surface area contributed by atoms with Crippen LogP contribution in [-0.4, -0.2) is 16.6 Å². The molecule has 0 saturated heterocycles. The predicted octanol–water partition coefficient (Wildman–Crippen LogP) is 12.0. The number of benzene rings is 1.